The minimum Gasteiger partial charge on any atom is -0.371 e. The molecule has 1 atom stereocenters. The van der Waals surface area contributed by atoms with Crippen LogP contribution in [0.1, 0.15) is 22.6 Å². The van der Waals surface area contributed by atoms with Gasteiger partial charge in [0.25, 0.3) is 5.91 Å². The van der Waals surface area contributed by atoms with Gasteiger partial charge in [0.1, 0.15) is 11.3 Å². The van der Waals surface area contributed by atoms with Crippen LogP contribution in [0.4, 0.5) is 5.69 Å². The Bertz CT molecular complexity index is 952. The number of hydrogen-bond acceptors (Lipinski definition) is 3. The van der Waals surface area contributed by atoms with Crippen LogP contribution in [-0.2, 0) is 0 Å². The highest BCUT2D eigenvalue weighted by atomic mass is 79.9. The number of aryl methyl sites for hydroxylation is 1. The number of fused-ring (bicyclic) bond motifs is 1. The number of pyridine rings is 1. The largest absolute Gasteiger partial charge is 0.371 e. The predicted molar refractivity (Wildman–Crippen MR) is 107 cm³/mol. The third-order valence-corrected chi connectivity index (χ3v) is 5.43. The van der Waals surface area contributed by atoms with E-state index in [9.17, 15) is 4.79 Å². The Balaban J connectivity index is 1.36. The average molecular weight is 413 g/mol. The number of benzene rings is 1. The normalized spacial score (nSPS) is 17.0. The molecular weight excluding hydrogens is 392 g/mol. The number of aromatic nitrogens is 2. The van der Waals surface area contributed by atoms with Crippen molar-refractivity contribution in [2.75, 3.05) is 24.5 Å². The number of nitrogens with zero attached hydrogens (tertiary/aromatic N) is 3. The van der Waals surface area contributed by atoms with Gasteiger partial charge in [0.05, 0.1) is 0 Å². The number of rotatable bonds is 4. The van der Waals surface area contributed by atoms with Crippen LogP contribution in [0, 0.1) is 12.8 Å². The van der Waals surface area contributed by atoms with Gasteiger partial charge in [0.2, 0.25) is 0 Å². The molecule has 6 heteroatoms. The molecule has 3 aromatic rings. The van der Waals surface area contributed by atoms with Crippen molar-refractivity contribution in [3.8, 4) is 0 Å². The van der Waals surface area contributed by atoms with Gasteiger partial charge < -0.3 is 14.6 Å². The van der Waals surface area contributed by atoms with Gasteiger partial charge in [0.15, 0.2) is 0 Å². The second-order valence-corrected chi connectivity index (χ2v) is 7.73. The SMILES string of the molecule is Cc1cccc2nc(C(=O)NC[C@@H]3CCN(c4cccc(Br)c4)C3)cn12. The first-order valence-corrected chi connectivity index (χ1v) is 9.63. The Morgan fingerprint density at radius 3 is 2.96 bits per heavy atom. The summed E-state index contributed by atoms with van der Waals surface area (Å²) in [6, 6.07) is 14.2. The van der Waals surface area contributed by atoms with E-state index in [-0.39, 0.29) is 5.91 Å². The molecule has 1 aliphatic heterocycles. The van der Waals surface area contributed by atoms with Crippen molar-refractivity contribution >= 4 is 33.2 Å². The Hall–Kier alpha value is -2.34. The zero-order chi connectivity index (χ0) is 18.1. The summed E-state index contributed by atoms with van der Waals surface area (Å²) in [7, 11) is 0. The zero-order valence-electron chi connectivity index (χ0n) is 14.7. The van der Waals surface area contributed by atoms with Crippen molar-refractivity contribution in [1.29, 1.82) is 0 Å². The molecule has 1 N–H and O–H groups in total. The molecule has 1 saturated heterocycles. The molecule has 0 bridgehead atoms. The van der Waals surface area contributed by atoms with Crippen LogP contribution in [0.15, 0.2) is 53.1 Å². The lowest BCUT2D eigenvalue weighted by Crippen LogP contribution is -2.31. The topological polar surface area (TPSA) is 49.6 Å². The summed E-state index contributed by atoms with van der Waals surface area (Å²) in [5.41, 5.74) is 3.57. The average Bonchev–Trinajstić information content (AvgIpc) is 3.27. The van der Waals surface area contributed by atoms with E-state index >= 15 is 0 Å². The van der Waals surface area contributed by atoms with Gasteiger partial charge in [-0.15, -0.1) is 0 Å². The molecule has 4 rings (SSSR count). The monoisotopic (exact) mass is 412 g/mol. The summed E-state index contributed by atoms with van der Waals surface area (Å²) < 4.78 is 3.04. The number of amides is 1. The van der Waals surface area contributed by atoms with Crippen LogP contribution in [-0.4, -0.2) is 34.9 Å². The first-order valence-electron chi connectivity index (χ1n) is 8.83. The number of halogens is 1. The van der Waals surface area contributed by atoms with Crippen molar-refractivity contribution in [1.82, 2.24) is 14.7 Å². The Labute approximate surface area is 161 Å². The maximum atomic E-state index is 12.5. The lowest BCUT2D eigenvalue weighted by Gasteiger charge is -2.19. The maximum absolute atomic E-state index is 12.5. The lowest BCUT2D eigenvalue weighted by molar-refractivity contribution is 0.0944. The second kappa shape index (κ2) is 7.11. The van der Waals surface area contributed by atoms with Gasteiger partial charge in [-0.3, -0.25) is 4.79 Å². The molecule has 2 aromatic heterocycles. The van der Waals surface area contributed by atoms with Crippen molar-refractivity contribution in [2.45, 2.75) is 13.3 Å². The molecule has 0 spiro atoms. The highest BCUT2D eigenvalue weighted by Gasteiger charge is 2.23. The highest BCUT2D eigenvalue weighted by Crippen LogP contribution is 2.26. The molecule has 1 aliphatic rings. The van der Waals surface area contributed by atoms with Gasteiger partial charge in [-0.25, -0.2) is 4.98 Å². The van der Waals surface area contributed by atoms with Crippen LogP contribution >= 0.6 is 15.9 Å². The van der Waals surface area contributed by atoms with E-state index in [2.05, 4.69) is 49.3 Å². The summed E-state index contributed by atoms with van der Waals surface area (Å²) in [4.78, 5) is 19.3. The van der Waals surface area contributed by atoms with Gasteiger partial charge in [-0.05, 0) is 49.6 Å². The molecule has 1 aromatic carbocycles. The van der Waals surface area contributed by atoms with Crippen molar-refractivity contribution in [2.24, 2.45) is 5.92 Å². The molecule has 5 nitrogen and oxygen atoms in total. The van der Waals surface area contributed by atoms with Gasteiger partial charge >= 0.3 is 0 Å². The summed E-state index contributed by atoms with van der Waals surface area (Å²) in [6.07, 6.45) is 2.89. The van der Waals surface area contributed by atoms with E-state index in [1.54, 1.807) is 0 Å². The summed E-state index contributed by atoms with van der Waals surface area (Å²) in [5, 5.41) is 3.05. The fourth-order valence-electron chi connectivity index (χ4n) is 3.49. The van der Waals surface area contributed by atoms with Crippen LogP contribution in [0.3, 0.4) is 0 Å². The fourth-order valence-corrected chi connectivity index (χ4v) is 3.88. The lowest BCUT2D eigenvalue weighted by atomic mass is 10.1. The minimum absolute atomic E-state index is 0.103. The number of carbonyl (C=O) groups excluding carboxylic acids is 1. The van der Waals surface area contributed by atoms with E-state index < -0.39 is 0 Å². The molecule has 1 amide bonds. The van der Waals surface area contributed by atoms with Gasteiger partial charge in [0, 0.05) is 41.7 Å². The predicted octanol–water partition coefficient (Wildman–Crippen LogP) is 3.66. The third kappa shape index (κ3) is 3.46. The van der Waals surface area contributed by atoms with Gasteiger partial charge in [-0.1, -0.05) is 28.1 Å². The summed E-state index contributed by atoms with van der Waals surface area (Å²) >= 11 is 3.53. The quantitative estimate of drug-likeness (QED) is 0.710. The molecule has 0 radical (unpaired) electrons. The first kappa shape index (κ1) is 17.1. The molecule has 26 heavy (non-hydrogen) atoms. The first-order chi connectivity index (χ1) is 12.6. The van der Waals surface area contributed by atoms with Crippen LogP contribution in [0.5, 0.6) is 0 Å². The smallest absolute Gasteiger partial charge is 0.271 e. The van der Waals surface area contributed by atoms with Crippen LogP contribution in [0.25, 0.3) is 5.65 Å². The Kier molecular flexibility index (Phi) is 4.68. The maximum Gasteiger partial charge on any atom is 0.271 e. The number of anilines is 1. The number of hydrogen-bond donors (Lipinski definition) is 1. The molecule has 0 aliphatic carbocycles. The molecule has 1 fully saturated rings. The van der Waals surface area contributed by atoms with Crippen molar-refractivity contribution in [3.63, 3.8) is 0 Å². The molecule has 0 saturated carbocycles. The highest BCUT2D eigenvalue weighted by molar-refractivity contribution is 9.10. The summed E-state index contributed by atoms with van der Waals surface area (Å²) in [5.74, 6) is 0.353. The van der Waals surface area contributed by atoms with Gasteiger partial charge in [-0.2, -0.15) is 0 Å². The van der Waals surface area contributed by atoms with E-state index in [4.69, 9.17) is 0 Å². The summed E-state index contributed by atoms with van der Waals surface area (Å²) in [6.45, 7) is 4.66. The van der Waals surface area contributed by atoms with E-state index in [0.717, 1.165) is 35.3 Å². The fraction of sp³-hybridized carbons (Fsp3) is 0.300. The van der Waals surface area contributed by atoms with Crippen LogP contribution in [0.2, 0.25) is 0 Å². The Morgan fingerprint density at radius 2 is 2.15 bits per heavy atom. The number of carbonyl (C=O) groups is 1. The number of nitrogens with one attached hydrogen (secondary N) is 1. The minimum atomic E-state index is -0.103. The molecule has 3 heterocycles. The molecular formula is C20H21BrN4O. The molecule has 134 valence electrons. The van der Waals surface area contributed by atoms with Crippen molar-refractivity contribution < 1.29 is 4.79 Å². The Morgan fingerprint density at radius 1 is 1.31 bits per heavy atom. The number of imidazole rings is 1. The second-order valence-electron chi connectivity index (χ2n) is 6.81. The van der Waals surface area contributed by atoms with Crippen LogP contribution < -0.4 is 10.2 Å². The van der Waals surface area contributed by atoms with Crippen molar-refractivity contribution in [3.05, 3.63) is 64.5 Å². The van der Waals surface area contributed by atoms with E-state index in [0.29, 0.717) is 18.2 Å². The third-order valence-electron chi connectivity index (χ3n) is 4.94. The molecule has 0 unspecified atom stereocenters. The van der Waals surface area contributed by atoms with E-state index in [1.807, 2.05) is 41.8 Å². The standard InChI is InChI=1S/C20H21BrN4O/c1-14-4-2-7-19-23-18(13-25(14)19)20(26)22-11-15-8-9-24(12-15)17-6-3-5-16(21)10-17/h2-7,10,13,15H,8-9,11-12H2,1H3,(H,22,26)/t15-/m0/s1. The zero-order valence-corrected chi connectivity index (χ0v) is 16.2. The van der Waals surface area contributed by atoms with E-state index in [1.165, 1.54) is 5.69 Å².